The lowest BCUT2D eigenvalue weighted by molar-refractivity contribution is 0.0686. The molecule has 0 radical (unpaired) electrons. The summed E-state index contributed by atoms with van der Waals surface area (Å²) in [7, 11) is 0. The molecule has 0 amide bonds. The van der Waals surface area contributed by atoms with E-state index in [0.717, 1.165) is 6.07 Å². The molecule has 0 aliphatic rings. The Kier molecular flexibility index (Phi) is 2.62. The number of rotatable bonds is 2. The largest absolute Gasteiger partial charge is 0.476 e. The van der Waals surface area contributed by atoms with Crippen LogP contribution in [0.25, 0.3) is 11.3 Å². The Morgan fingerprint density at radius 3 is 2.81 bits per heavy atom. The number of carboxylic acids is 1. The molecule has 0 aliphatic carbocycles. The van der Waals surface area contributed by atoms with E-state index < -0.39 is 11.8 Å². The summed E-state index contributed by atoms with van der Waals surface area (Å²) in [6, 6.07) is 5.23. The van der Waals surface area contributed by atoms with E-state index in [4.69, 9.17) is 21.2 Å². The van der Waals surface area contributed by atoms with E-state index in [1.54, 1.807) is 0 Å². The normalized spacial score (nSPS) is 10.4. The number of nitrogens with zero attached hydrogens (tertiary/aromatic N) is 1. The highest BCUT2D eigenvalue weighted by atomic mass is 35.5. The van der Waals surface area contributed by atoms with E-state index in [1.165, 1.54) is 18.2 Å². The van der Waals surface area contributed by atoms with Crippen LogP contribution in [-0.4, -0.2) is 16.2 Å². The van der Waals surface area contributed by atoms with Crippen LogP contribution in [0.5, 0.6) is 0 Å². The second-order valence-corrected chi connectivity index (χ2v) is 3.39. The first kappa shape index (κ1) is 10.6. The van der Waals surface area contributed by atoms with Crippen molar-refractivity contribution in [1.82, 2.24) is 5.16 Å². The highest BCUT2D eigenvalue weighted by Crippen LogP contribution is 2.30. The minimum Gasteiger partial charge on any atom is -0.476 e. The van der Waals surface area contributed by atoms with Crippen molar-refractivity contribution >= 4 is 17.6 Å². The average molecular weight is 242 g/mol. The zero-order valence-electron chi connectivity index (χ0n) is 7.78. The van der Waals surface area contributed by atoms with Crippen LogP contribution in [0.3, 0.4) is 0 Å². The molecule has 2 rings (SSSR count). The van der Waals surface area contributed by atoms with E-state index >= 15 is 0 Å². The van der Waals surface area contributed by atoms with Gasteiger partial charge in [0.05, 0.1) is 10.6 Å². The van der Waals surface area contributed by atoms with Gasteiger partial charge in [-0.1, -0.05) is 22.8 Å². The highest BCUT2D eigenvalue weighted by Gasteiger charge is 2.17. The van der Waals surface area contributed by atoms with Crippen molar-refractivity contribution in [3.63, 3.8) is 0 Å². The van der Waals surface area contributed by atoms with Crippen molar-refractivity contribution in [2.24, 2.45) is 0 Å². The first-order valence-corrected chi connectivity index (χ1v) is 4.62. The fraction of sp³-hybridized carbons (Fsp3) is 0. The second-order valence-electron chi connectivity index (χ2n) is 2.98. The van der Waals surface area contributed by atoms with Crippen molar-refractivity contribution in [1.29, 1.82) is 0 Å². The minimum absolute atomic E-state index is 0.00386. The van der Waals surface area contributed by atoms with Crippen molar-refractivity contribution in [2.75, 3.05) is 0 Å². The van der Waals surface area contributed by atoms with Crippen LogP contribution in [-0.2, 0) is 0 Å². The van der Waals surface area contributed by atoms with Gasteiger partial charge in [-0.05, 0) is 12.1 Å². The first-order valence-electron chi connectivity index (χ1n) is 4.24. The maximum atomic E-state index is 13.4. The fourth-order valence-corrected chi connectivity index (χ4v) is 1.48. The number of aromatic nitrogens is 1. The number of hydrogen-bond acceptors (Lipinski definition) is 3. The van der Waals surface area contributed by atoms with Crippen LogP contribution in [0.15, 0.2) is 28.8 Å². The van der Waals surface area contributed by atoms with E-state index in [2.05, 4.69) is 5.16 Å². The molecule has 1 aromatic carbocycles. The molecule has 82 valence electrons. The lowest BCUT2D eigenvalue weighted by atomic mass is 10.1. The number of benzene rings is 1. The Hall–Kier alpha value is -1.88. The molecule has 0 bridgehead atoms. The van der Waals surface area contributed by atoms with Crippen LogP contribution in [0.4, 0.5) is 4.39 Å². The summed E-state index contributed by atoms with van der Waals surface area (Å²) >= 11 is 5.78. The molecule has 4 nitrogen and oxygen atoms in total. The lowest BCUT2D eigenvalue weighted by Crippen LogP contribution is -1.94. The molecule has 0 spiro atoms. The van der Waals surface area contributed by atoms with Gasteiger partial charge in [-0.25, -0.2) is 9.18 Å². The summed E-state index contributed by atoms with van der Waals surface area (Å²) in [5, 5.41) is 12.0. The maximum Gasteiger partial charge on any atom is 0.358 e. The fourth-order valence-electron chi connectivity index (χ4n) is 1.23. The summed E-state index contributed by atoms with van der Waals surface area (Å²) in [5.74, 6) is -1.86. The molecule has 0 atom stereocenters. The summed E-state index contributed by atoms with van der Waals surface area (Å²) in [4.78, 5) is 10.6. The second kappa shape index (κ2) is 3.94. The Bertz CT molecular complexity index is 532. The molecule has 16 heavy (non-hydrogen) atoms. The zero-order chi connectivity index (χ0) is 11.7. The quantitative estimate of drug-likeness (QED) is 0.878. The third-order valence-corrected chi connectivity index (χ3v) is 2.25. The van der Waals surface area contributed by atoms with Gasteiger partial charge in [0.15, 0.2) is 11.5 Å². The maximum absolute atomic E-state index is 13.4. The van der Waals surface area contributed by atoms with Crippen molar-refractivity contribution < 1.29 is 18.8 Å². The first-order chi connectivity index (χ1) is 7.59. The summed E-state index contributed by atoms with van der Waals surface area (Å²) in [6.07, 6.45) is 0. The molecule has 0 fully saturated rings. The Morgan fingerprint density at radius 2 is 2.25 bits per heavy atom. The molecular formula is C10H5ClFNO3. The van der Waals surface area contributed by atoms with E-state index in [9.17, 15) is 9.18 Å². The predicted molar refractivity (Wildman–Crippen MR) is 53.9 cm³/mol. The van der Waals surface area contributed by atoms with Crippen LogP contribution in [0.1, 0.15) is 10.5 Å². The van der Waals surface area contributed by atoms with Gasteiger partial charge in [-0.3, -0.25) is 0 Å². The SMILES string of the molecule is O=C(O)c1cc(-c2c(F)cccc2Cl)on1. The van der Waals surface area contributed by atoms with Gasteiger partial charge in [0.25, 0.3) is 0 Å². The summed E-state index contributed by atoms with van der Waals surface area (Å²) < 4.78 is 18.1. The van der Waals surface area contributed by atoms with Crippen molar-refractivity contribution in [3.05, 3.63) is 40.8 Å². The molecule has 1 N–H and O–H groups in total. The molecule has 0 aliphatic heterocycles. The lowest BCUT2D eigenvalue weighted by Gasteiger charge is -1.99. The van der Waals surface area contributed by atoms with Crippen LogP contribution in [0, 0.1) is 5.82 Å². The summed E-state index contributed by atoms with van der Waals surface area (Å²) in [5.41, 5.74) is -0.293. The van der Waals surface area contributed by atoms with Gasteiger partial charge in [-0.15, -0.1) is 0 Å². The van der Waals surface area contributed by atoms with Crippen molar-refractivity contribution in [3.8, 4) is 11.3 Å². The van der Waals surface area contributed by atoms with E-state index in [1.807, 2.05) is 0 Å². The van der Waals surface area contributed by atoms with Gasteiger partial charge in [0.2, 0.25) is 0 Å². The third kappa shape index (κ3) is 1.77. The smallest absolute Gasteiger partial charge is 0.358 e. The van der Waals surface area contributed by atoms with Crippen LogP contribution in [0.2, 0.25) is 5.02 Å². The number of hydrogen-bond donors (Lipinski definition) is 1. The summed E-state index contributed by atoms with van der Waals surface area (Å²) in [6.45, 7) is 0. The molecule has 6 heteroatoms. The highest BCUT2D eigenvalue weighted by molar-refractivity contribution is 6.33. The molecule has 2 aromatic rings. The van der Waals surface area contributed by atoms with Crippen molar-refractivity contribution in [2.45, 2.75) is 0 Å². The van der Waals surface area contributed by atoms with Gasteiger partial charge >= 0.3 is 5.97 Å². The zero-order valence-corrected chi connectivity index (χ0v) is 8.53. The molecule has 1 aromatic heterocycles. The number of aromatic carboxylic acids is 1. The Balaban J connectivity index is 2.54. The van der Waals surface area contributed by atoms with Gasteiger partial charge in [0, 0.05) is 6.07 Å². The number of carboxylic acid groups (broad SMARTS) is 1. The number of carbonyl (C=O) groups is 1. The third-order valence-electron chi connectivity index (χ3n) is 1.94. The van der Waals surface area contributed by atoms with Crippen LogP contribution < -0.4 is 0 Å². The van der Waals surface area contributed by atoms with Crippen LogP contribution >= 0.6 is 11.6 Å². The van der Waals surface area contributed by atoms with Gasteiger partial charge in [-0.2, -0.15) is 0 Å². The molecular weight excluding hydrogens is 237 g/mol. The Labute approximate surface area is 94.2 Å². The average Bonchev–Trinajstić information content (AvgIpc) is 2.66. The minimum atomic E-state index is -1.25. The monoisotopic (exact) mass is 241 g/mol. The molecule has 0 saturated carbocycles. The van der Waals surface area contributed by atoms with E-state index in [-0.39, 0.29) is 22.0 Å². The Morgan fingerprint density at radius 1 is 1.50 bits per heavy atom. The standard InChI is InChI=1S/C10H5ClFNO3/c11-5-2-1-3-6(12)9(5)8-4-7(10(14)15)13-16-8/h1-4H,(H,14,15). The van der Waals surface area contributed by atoms with Gasteiger partial charge < -0.3 is 9.63 Å². The van der Waals surface area contributed by atoms with Gasteiger partial charge in [0.1, 0.15) is 5.82 Å². The topological polar surface area (TPSA) is 63.3 Å². The molecule has 0 unspecified atom stereocenters. The molecule has 1 heterocycles. The predicted octanol–water partition coefficient (Wildman–Crippen LogP) is 2.83. The number of halogens is 2. The van der Waals surface area contributed by atoms with E-state index in [0.29, 0.717) is 0 Å². The molecule has 0 saturated heterocycles.